The average molecular weight is 383 g/mol. The number of hydrogen-bond acceptors (Lipinski definition) is 6. The first-order valence-electron chi connectivity index (χ1n) is 9.96. The van der Waals surface area contributed by atoms with Crippen molar-refractivity contribution in [3.63, 3.8) is 0 Å². The number of H-pyrrole nitrogens is 1. The largest absolute Gasteiger partial charge is 0.365 e. The molecule has 1 fully saturated rings. The number of nitrogens with zero attached hydrogens (tertiary/aromatic N) is 3. The zero-order chi connectivity index (χ0) is 19.3. The van der Waals surface area contributed by atoms with Gasteiger partial charge in [-0.05, 0) is 37.9 Å². The van der Waals surface area contributed by atoms with E-state index < -0.39 is 0 Å². The van der Waals surface area contributed by atoms with Gasteiger partial charge in [-0.1, -0.05) is 13.3 Å². The molecule has 1 aromatic carbocycles. The third-order valence-electron chi connectivity index (χ3n) is 4.94. The molecule has 1 aliphatic heterocycles. The minimum Gasteiger partial charge on any atom is -0.365 e. The lowest BCUT2D eigenvalue weighted by atomic mass is 10.1. The smallest absolute Gasteiger partial charge is 0.224 e. The number of aromatic nitrogens is 4. The minimum absolute atomic E-state index is 0.299. The Morgan fingerprint density at radius 2 is 2.21 bits per heavy atom. The van der Waals surface area contributed by atoms with Crippen LogP contribution in [0.3, 0.4) is 0 Å². The summed E-state index contributed by atoms with van der Waals surface area (Å²) in [4.78, 5) is 17.0. The van der Waals surface area contributed by atoms with Gasteiger partial charge in [0.15, 0.2) is 0 Å². The molecule has 0 unspecified atom stereocenters. The van der Waals surface area contributed by atoms with Crippen LogP contribution in [0.5, 0.6) is 0 Å². The molecule has 1 aliphatic rings. The molecule has 0 saturated carbocycles. The first kappa shape index (κ1) is 18.6. The summed E-state index contributed by atoms with van der Waals surface area (Å²) in [5.41, 5.74) is 2.15. The van der Waals surface area contributed by atoms with Crippen LogP contribution in [0.2, 0.25) is 0 Å². The van der Waals surface area contributed by atoms with Gasteiger partial charge in [0.1, 0.15) is 17.5 Å². The maximum Gasteiger partial charge on any atom is 0.224 e. The summed E-state index contributed by atoms with van der Waals surface area (Å²) >= 11 is 0. The molecule has 3 heterocycles. The van der Waals surface area contributed by atoms with E-state index >= 15 is 0 Å². The van der Waals surface area contributed by atoms with E-state index in [2.05, 4.69) is 37.8 Å². The highest BCUT2D eigenvalue weighted by atomic mass is 19.1. The van der Waals surface area contributed by atoms with E-state index in [0.29, 0.717) is 23.3 Å². The van der Waals surface area contributed by atoms with Crippen molar-refractivity contribution in [2.75, 3.05) is 30.3 Å². The van der Waals surface area contributed by atoms with E-state index in [-0.39, 0.29) is 5.82 Å². The molecule has 0 aliphatic carbocycles. The summed E-state index contributed by atoms with van der Waals surface area (Å²) in [6.07, 6.45) is 6.16. The molecule has 0 radical (unpaired) electrons. The summed E-state index contributed by atoms with van der Waals surface area (Å²) in [5, 5.41) is 10.2. The quantitative estimate of drug-likeness (QED) is 0.467. The zero-order valence-electron chi connectivity index (χ0n) is 16.1. The van der Waals surface area contributed by atoms with Crippen LogP contribution in [-0.2, 0) is 0 Å². The third kappa shape index (κ3) is 4.22. The van der Waals surface area contributed by atoms with Crippen molar-refractivity contribution in [2.24, 2.45) is 0 Å². The second-order valence-electron chi connectivity index (χ2n) is 7.17. The molecule has 1 saturated heterocycles. The molecule has 4 rings (SSSR count). The van der Waals surface area contributed by atoms with Gasteiger partial charge in [-0.3, -0.25) is 0 Å². The highest BCUT2D eigenvalue weighted by Crippen LogP contribution is 2.28. The van der Waals surface area contributed by atoms with Crippen LogP contribution in [0.25, 0.3) is 22.4 Å². The number of hydrogen-bond donors (Lipinski definition) is 4. The Morgan fingerprint density at radius 3 is 3.04 bits per heavy atom. The Labute approximate surface area is 163 Å². The van der Waals surface area contributed by atoms with Crippen LogP contribution >= 0.6 is 0 Å². The maximum absolute atomic E-state index is 13.5. The SMILES string of the molecule is CCCCNc1ncc(-c2nc3cc(F)ccc3[nH]2)c(N[C@H]2CCCNC2)n1. The molecule has 2 aromatic heterocycles. The summed E-state index contributed by atoms with van der Waals surface area (Å²) in [6.45, 7) is 4.93. The molecule has 4 N–H and O–H groups in total. The van der Waals surface area contributed by atoms with Gasteiger partial charge in [0.05, 0.1) is 16.6 Å². The normalized spacial score (nSPS) is 17.0. The van der Waals surface area contributed by atoms with Crippen LogP contribution < -0.4 is 16.0 Å². The third-order valence-corrected chi connectivity index (χ3v) is 4.94. The average Bonchev–Trinajstić information content (AvgIpc) is 3.12. The second-order valence-corrected chi connectivity index (χ2v) is 7.17. The number of fused-ring (bicyclic) bond motifs is 1. The van der Waals surface area contributed by atoms with Crippen LogP contribution in [0.1, 0.15) is 32.6 Å². The summed E-state index contributed by atoms with van der Waals surface area (Å²) in [6, 6.07) is 4.84. The first-order chi connectivity index (χ1) is 13.7. The Kier molecular flexibility index (Phi) is 5.66. The van der Waals surface area contributed by atoms with Gasteiger partial charge >= 0.3 is 0 Å². The van der Waals surface area contributed by atoms with E-state index in [0.717, 1.165) is 62.2 Å². The van der Waals surface area contributed by atoms with Crippen molar-refractivity contribution in [3.8, 4) is 11.4 Å². The van der Waals surface area contributed by atoms with Crippen molar-refractivity contribution >= 4 is 22.8 Å². The van der Waals surface area contributed by atoms with E-state index in [9.17, 15) is 4.39 Å². The van der Waals surface area contributed by atoms with Crippen molar-refractivity contribution in [2.45, 2.75) is 38.6 Å². The predicted octanol–water partition coefficient (Wildman–Crippen LogP) is 3.53. The second kappa shape index (κ2) is 8.52. The minimum atomic E-state index is -0.302. The number of nitrogens with one attached hydrogen (secondary N) is 4. The number of anilines is 2. The molecule has 148 valence electrons. The Hall–Kier alpha value is -2.74. The number of halogens is 1. The van der Waals surface area contributed by atoms with Crippen molar-refractivity contribution in [1.29, 1.82) is 0 Å². The fourth-order valence-electron chi connectivity index (χ4n) is 3.40. The van der Waals surface area contributed by atoms with Gasteiger partial charge in [0.2, 0.25) is 5.95 Å². The number of rotatable bonds is 7. The van der Waals surface area contributed by atoms with Crippen LogP contribution in [0.4, 0.5) is 16.2 Å². The molecule has 8 heteroatoms. The highest BCUT2D eigenvalue weighted by Gasteiger charge is 2.18. The lowest BCUT2D eigenvalue weighted by molar-refractivity contribution is 0.479. The number of unbranched alkanes of at least 4 members (excludes halogenated alkanes) is 1. The van der Waals surface area contributed by atoms with Gasteiger partial charge in [0, 0.05) is 31.4 Å². The standard InChI is InChI=1S/C20H26FN7/c1-2-3-9-23-20-24-12-15(18(28-20)25-14-5-4-8-22-11-14)19-26-16-7-6-13(21)10-17(16)27-19/h6-7,10,12,14,22H,2-5,8-9,11H2,1H3,(H,26,27)(H2,23,24,25,28)/t14-/m0/s1. The molecule has 0 spiro atoms. The van der Waals surface area contributed by atoms with E-state index in [1.54, 1.807) is 12.3 Å². The van der Waals surface area contributed by atoms with Crippen molar-refractivity contribution in [3.05, 3.63) is 30.2 Å². The van der Waals surface area contributed by atoms with Crippen LogP contribution in [-0.4, -0.2) is 45.6 Å². The van der Waals surface area contributed by atoms with Crippen LogP contribution in [0, 0.1) is 5.82 Å². The van der Waals surface area contributed by atoms with E-state index in [4.69, 9.17) is 4.98 Å². The maximum atomic E-state index is 13.5. The van der Waals surface area contributed by atoms with Gasteiger partial charge < -0.3 is 20.9 Å². The number of aromatic amines is 1. The van der Waals surface area contributed by atoms with Crippen LogP contribution in [0.15, 0.2) is 24.4 Å². The molecule has 1 atom stereocenters. The van der Waals surface area contributed by atoms with Gasteiger partial charge in [-0.2, -0.15) is 4.98 Å². The molecule has 0 amide bonds. The molecule has 3 aromatic rings. The monoisotopic (exact) mass is 383 g/mol. The molecule has 28 heavy (non-hydrogen) atoms. The van der Waals surface area contributed by atoms with Gasteiger partial charge in [-0.15, -0.1) is 0 Å². The van der Waals surface area contributed by atoms with Gasteiger partial charge in [0.25, 0.3) is 0 Å². The summed E-state index contributed by atoms with van der Waals surface area (Å²) in [5.74, 6) is 1.67. The number of benzene rings is 1. The Balaban J connectivity index is 1.66. The Bertz CT molecular complexity index is 933. The lowest BCUT2D eigenvalue weighted by Crippen LogP contribution is -2.38. The zero-order valence-corrected chi connectivity index (χ0v) is 16.1. The topological polar surface area (TPSA) is 90.5 Å². The number of imidazole rings is 1. The first-order valence-corrected chi connectivity index (χ1v) is 9.96. The molecule has 0 bridgehead atoms. The molecular formula is C20H26FN7. The molecular weight excluding hydrogens is 357 g/mol. The Morgan fingerprint density at radius 1 is 1.29 bits per heavy atom. The summed E-state index contributed by atoms with van der Waals surface area (Å²) in [7, 11) is 0. The fourth-order valence-corrected chi connectivity index (χ4v) is 3.40. The van der Waals surface area contributed by atoms with E-state index in [1.807, 2.05) is 0 Å². The lowest BCUT2D eigenvalue weighted by Gasteiger charge is -2.25. The van der Waals surface area contributed by atoms with E-state index in [1.165, 1.54) is 12.1 Å². The van der Waals surface area contributed by atoms with Crippen molar-refractivity contribution in [1.82, 2.24) is 25.3 Å². The summed E-state index contributed by atoms with van der Waals surface area (Å²) < 4.78 is 13.5. The highest BCUT2D eigenvalue weighted by molar-refractivity contribution is 5.82. The molecule has 7 nitrogen and oxygen atoms in total. The fraction of sp³-hybridized carbons (Fsp3) is 0.450. The number of piperidine rings is 1. The predicted molar refractivity (Wildman–Crippen MR) is 110 cm³/mol. The van der Waals surface area contributed by atoms with Crippen molar-refractivity contribution < 1.29 is 4.39 Å². The van der Waals surface area contributed by atoms with Gasteiger partial charge in [-0.25, -0.2) is 14.4 Å².